The smallest absolute Gasteiger partial charge is 0.233 e. The third kappa shape index (κ3) is 3.98. The molecular weight excluding hydrogens is 206 g/mol. The van der Waals surface area contributed by atoms with E-state index >= 15 is 0 Å². The van der Waals surface area contributed by atoms with Gasteiger partial charge in [0.1, 0.15) is 0 Å². The normalized spacial score (nSPS) is 15.0. The molecule has 1 aliphatic carbocycles. The van der Waals surface area contributed by atoms with E-state index in [-0.39, 0.29) is 5.91 Å². The number of nitrogens with one attached hydrogen (secondary N) is 2. The highest BCUT2D eigenvalue weighted by atomic mass is 16.1. The molecule has 0 unspecified atom stereocenters. The molecule has 1 fully saturated rings. The Kier molecular flexibility index (Phi) is 3.87. The Morgan fingerprint density at radius 3 is 3.06 bits per heavy atom. The number of aromatic nitrogens is 3. The standard InChI is InChI=1S/C10H17N5O/c16-10(12-7-9-1-2-9)8-11-3-5-15-6-4-13-14-15/h4,6,9,11H,1-3,5,7-8H2,(H,12,16). The summed E-state index contributed by atoms with van der Waals surface area (Å²) in [6.45, 7) is 2.67. The van der Waals surface area contributed by atoms with Crippen LogP contribution >= 0.6 is 0 Å². The molecule has 0 aromatic carbocycles. The lowest BCUT2D eigenvalue weighted by Crippen LogP contribution is -2.36. The van der Waals surface area contributed by atoms with Crippen molar-refractivity contribution >= 4 is 5.91 Å². The van der Waals surface area contributed by atoms with Crippen molar-refractivity contribution in [2.24, 2.45) is 5.92 Å². The van der Waals surface area contributed by atoms with Crippen LogP contribution in [-0.2, 0) is 11.3 Å². The number of hydrogen-bond acceptors (Lipinski definition) is 4. The highest BCUT2D eigenvalue weighted by molar-refractivity contribution is 5.77. The fourth-order valence-corrected chi connectivity index (χ4v) is 1.39. The third-order valence-corrected chi connectivity index (χ3v) is 2.56. The fraction of sp³-hybridized carbons (Fsp3) is 0.700. The summed E-state index contributed by atoms with van der Waals surface area (Å²) in [5.74, 6) is 0.810. The summed E-state index contributed by atoms with van der Waals surface area (Å²) >= 11 is 0. The van der Waals surface area contributed by atoms with Crippen molar-refractivity contribution in [2.75, 3.05) is 19.6 Å². The second-order valence-electron chi connectivity index (χ2n) is 4.09. The van der Waals surface area contributed by atoms with Crippen LogP contribution in [-0.4, -0.2) is 40.5 Å². The SMILES string of the molecule is O=C(CNCCn1ccnn1)NCC1CC1. The molecule has 1 aromatic heterocycles. The monoisotopic (exact) mass is 223 g/mol. The molecule has 6 heteroatoms. The van der Waals surface area contributed by atoms with Crippen molar-refractivity contribution in [3.63, 3.8) is 0 Å². The Balaban J connectivity index is 1.48. The van der Waals surface area contributed by atoms with Crippen molar-refractivity contribution in [1.29, 1.82) is 0 Å². The van der Waals surface area contributed by atoms with Gasteiger partial charge in [-0.15, -0.1) is 5.10 Å². The maximum absolute atomic E-state index is 11.3. The van der Waals surface area contributed by atoms with Gasteiger partial charge in [0, 0.05) is 19.3 Å². The minimum atomic E-state index is 0.0745. The van der Waals surface area contributed by atoms with Crippen LogP contribution in [0.3, 0.4) is 0 Å². The number of carbonyl (C=O) groups is 1. The molecule has 2 rings (SSSR count). The molecule has 2 N–H and O–H groups in total. The molecule has 0 bridgehead atoms. The first-order valence-electron chi connectivity index (χ1n) is 5.66. The molecule has 0 aliphatic heterocycles. The van der Waals surface area contributed by atoms with Crippen molar-refractivity contribution in [1.82, 2.24) is 25.6 Å². The summed E-state index contributed by atoms with van der Waals surface area (Å²) in [4.78, 5) is 11.3. The van der Waals surface area contributed by atoms with E-state index in [0.29, 0.717) is 6.54 Å². The zero-order valence-corrected chi connectivity index (χ0v) is 9.22. The second-order valence-corrected chi connectivity index (χ2v) is 4.09. The van der Waals surface area contributed by atoms with E-state index in [9.17, 15) is 4.79 Å². The third-order valence-electron chi connectivity index (χ3n) is 2.56. The molecule has 0 atom stereocenters. The Morgan fingerprint density at radius 2 is 2.38 bits per heavy atom. The van der Waals surface area contributed by atoms with Gasteiger partial charge in [-0.05, 0) is 18.8 Å². The number of rotatable bonds is 7. The minimum absolute atomic E-state index is 0.0745. The Morgan fingerprint density at radius 1 is 1.50 bits per heavy atom. The Bertz CT molecular complexity index is 320. The molecular formula is C10H17N5O. The fourth-order valence-electron chi connectivity index (χ4n) is 1.39. The molecule has 6 nitrogen and oxygen atoms in total. The summed E-state index contributed by atoms with van der Waals surface area (Å²) in [6, 6.07) is 0. The van der Waals surface area contributed by atoms with Crippen LogP contribution in [0.1, 0.15) is 12.8 Å². The van der Waals surface area contributed by atoms with Gasteiger partial charge in [-0.2, -0.15) is 0 Å². The van der Waals surface area contributed by atoms with Crippen LogP contribution in [0.4, 0.5) is 0 Å². The van der Waals surface area contributed by atoms with Gasteiger partial charge >= 0.3 is 0 Å². The van der Waals surface area contributed by atoms with Crippen LogP contribution in [0.2, 0.25) is 0 Å². The van der Waals surface area contributed by atoms with E-state index in [1.54, 1.807) is 17.1 Å². The molecule has 0 saturated heterocycles. The summed E-state index contributed by atoms with van der Waals surface area (Å²) in [5, 5.41) is 13.5. The van der Waals surface area contributed by atoms with Gasteiger partial charge in [0.2, 0.25) is 5.91 Å². The van der Waals surface area contributed by atoms with Gasteiger partial charge in [0.15, 0.2) is 0 Å². The molecule has 0 radical (unpaired) electrons. The summed E-state index contributed by atoms with van der Waals surface area (Å²) < 4.78 is 1.73. The van der Waals surface area contributed by atoms with Gasteiger partial charge in [-0.3, -0.25) is 9.48 Å². The predicted octanol–water partition coefficient (Wildman–Crippen LogP) is -0.606. The van der Waals surface area contributed by atoms with Gasteiger partial charge in [-0.25, -0.2) is 0 Å². The summed E-state index contributed by atoms with van der Waals surface area (Å²) in [6.07, 6.45) is 5.97. The number of carbonyl (C=O) groups excluding carboxylic acids is 1. The molecule has 1 aliphatic rings. The Labute approximate surface area is 94.4 Å². The van der Waals surface area contributed by atoms with Crippen LogP contribution in [0.15, 0.2) is 12.4 Å². The largest absolute Gasteiger partial charge is 0.355 e. The van der Waals surface area contributed by atoms with Crippen molar-refractivity contribution < 1.29 is 4.79 Å². The van der Waals surface area contributed by atoms with E-state index in [2.05, 4.69) is 20.9 Å². The summed E-state index contributed by atoms with van der Waals surface area (Å²) in [5.41, 5.74) is 0. The molecule has 1 heterocycles. The number of nitrogens with zero attached hydrogens (tertiary/aromatic N) is 3. The average Bonchev–Trinajstić information content (AvgIpc) is 2.97. The lowest BCUT2D eigenvalue weighted by Gasteiger charge is -2.05. The van der Waals surface area contributed by atoms with E-state index in [4.69, 9.17) is 0 Å². The molecule has 1 amide bonds. The lowest BCUT2D eigenvalue weighted by atomic mass is 10.4. The van der Waals surface area contributed by atoms with Gasteiger partial charge < -0.3 is 10.6 Å². The van der Waals surface area contributed by atoms with Gasteiger partial charge in [0.05, 0.1) is 19.3 Å². The van der Waals surface area contributed by atoms with Crippen LogP contribution in [0.5, 0.6) is 0 Å². The first kappa shape index (κ1) is 11.1. The summed E-state index contributed by atoms with van der Waals surface area (Å²) in [7, 11) is 0. The van der Waals surface area contributed by atoms with Gasteiger partial charge in [0.25, 0.3) is 0 Å². The van der Waals surface area contributed by atoms with E-state index in [1.807, 2.05) is 0 Å². The highest BCUT2D eigenvalue weighted by Gasteiger charge is 2.21. The quantitative estimate of drug-likeness (QED) is 0.605. The van der Waals surface area contributed by atoms with Crippen LogP contribution in [0.25, 0.3) is 0 Å². The maximum atomic E-state index is 11.3. The van der Waals surface area contributed by atoms with Crippen LogP contribution in [0, 0.1) is 5.92 Å². The first-order valence-corrected chi connectivity index (χ1v) is 5.66. The minimum Gasteiger partial charge on any atom is -0.355 e. The molecule has 1 saturated carbocycles. The van der Waals surface area contributed by atoms with Crippen molar-refractivity contribution in [3.8, 4) is 0 Å². The lowest BCUT2D eigenvalue weighted by molar-refractivity contribution is -0.120. The highest BCUT2D eigenvalue weighted by Crippen LogP contribution is 2.27. The van der Waals surface area contributed by atoms with Crippen LogP contribution < -0.4 is 10.6 Å². The zero-order chi connectivity index (χ0) is 11.2. The molecule has 16 heavy (non-hydrogen) atoms. The maximum Gasteiger partial charge on any atom is 0.233 e. The topological polar surface area (TPSA) is 71.8 Å². The molecule has 0 spiro atoms. The Hall–Kier alpha value is -1.43. The van der Waals surface area contributed by atoms with E-state index in [0.717, 1.165) is 25.6 Å². The van der Waals surface area contributed by atoms with Crippen molar-refractivity contribution in [2.45, 2.75) is 19.4 Å². The van der Waals surface area contributed by atoms with Crippen molar-refractivity contribution in [3.05, 3.63) is 12.4 Å². The van der Waals surface area contributed by atoms with Gasteiger partial charge in [-0.1, -0.05) is 5.21 Å². The molecule has 88 valence electrons. The predicted molar refractivity (Wildman–Crippen MR) is 58.6 cm³/mol. The average molecular weight is 223 g/mol. The van der Waals surface area contributed by atoms with E-state index in [1.165, 1.54) is 12.8 Å². The first-order chi connectivity index (χ1) is 7.84. The zero-order valence-electron chi connectivity index (χ0n) is 9.22. The number of hydrogen-bond donors (Lipinski definition) is 2. The molecule has 1 aromatic rings. The van der Waals surface area contributed by atoms with E-state index < -0.39 is 0 Å². The number of amides is 1. The second kappa shape index (κ2) is 5.60.